The summed E-state index contributed by atoms with van der Waals surface area (Å²) in [5.74, 6) is 0. The van der Waals surface area contributed by atoms with E-state index in [2.05, 4.69) is 238 Å². The molecule has 0 aliphatic rings. The summed E-state index contributed by atoms with van der Waals surface area (Å²) in [6.07, 6.45) is 0. The van der Waals surface area contributed by atoms with Gasteiger partial charge in [-0.1, -0.05) is 90.0 Å². The summed E-state index contributed by atoms with van der Waals surface area (Å²) in [6.45, 7) is 24.3. The number of anilines is 6. The third kappa shape index (κ3) is 8.28. The van der Waals surface area contributed by atoms with E-state index in [1.54, 1.807) is 0 Å². The second kappa shape index (κ2) is 16.8. The van der Waals surface area contributed by atoms with Crippen molar-refractivity contribution >= 4 is 34.1 Å². The highest BCUT2D eigenvalue weighted by Crippen LogP contribution is 2.42. The highest BCUT2D eigenvalue weighted by molar-refractivity contribution is 5.85. The zero-order valence-corrected chi connectivity index (χ0v) is 37.8. The van der Waals surface area contributed by atoms with E-state index in [0.717, 1.165) is 22.7 Å². The molecule has 0 radical (unpaired) electrons. The van der Waals surface area contributed by atoms with Gasteiger partial charge in [0.25, 0.3) is 0 Å². The largest absolute Gasteiger partial charge is 0.311 e. The first-order chi connectivity index (χ1) is 29.2. The van der Waals surface area contributed by atoms with Crippen molar-refractivity contribution in [1.82, 2.24) is 0 Å². The molecule has 0 fully saturated rings. The van der Waals surface area contributed by atoms with Crippen LogP contribution in [0.4, 0.5) is 34.1 Å². The Labute approximate surface area is 364 Å². The monoisotopic (exact) mass is 794 g/mol. The normalized spacial score (nSPS) is 11.2. The van der Waals surface area contributed by atoms with Gasteiger partial charge in [0.2, 0.25) is 0 Å². The van der Waals surface area contributed by atoms with Gasteiger partial charge >= 0.3 is 0 Å². The maximum atomic E-state index is 2.40. The molecule has 0 spiro atoms. The van der Waals surface area contributed by atoms with Crippen molar-refractivity contribution in [2.24, 2.45) is 0 Å². The Morgan fingerprint density at radius 1 is 0.213 bits per heavy atom. The molecule has 0 atom stereocenters. The Bertz CT molecular complexity index is 2800. The third-order valence-electron chi connectivity index (χ3n) is 12.7. The molecule has 0 heterocycles. The van der Waals surface area contributed by atoms with Crippen LogP contribution in [-0.2, 0) is 0 Å². The minimum absolute atomic E-state index is 1.14. The lowest BCUT2D eigenvalue weighted by Crippen LogP contribution is -2.11. The van der Waals surface area contributed by atoms with Gasteiger partial charge < -0.3 is 9.80 Å². The first kappa shape index (κ1) is 41.1. The summed E-state index contributed by atoms with van der Waals surface area (Å²) in [4.78, 5) is 4.73. The molecule has 8 rings (SSSR count). The Kier molecular flexibility index (Phi) is 11.3. The van der Waals surface area contributed by atoms with Crippen LogP contribution in [0.5, 0.6) is 0 Å². The van der Waals surface area contributed by atoms with Crippen LogP contribution in [0.15, 0.2) is 152 Å². The molecule has 0 aliphatic heterocycles. The van der Waals surface area contributed by atoms with Crippen molar-refractivity contribution in [2.75, 3.05) is 9.80 Å². The zero-order valence-electron chi connectivity index (χ0n) is 37.8. The summed E-state index contributed by atoms with van der Waals surface area (Å²) < 4.78 is 0. The molecular formula is C59H58N2. The maximum Gasteiger partial charge on any atom is 0.0464 e. The fourth-order valence-electron chi connectivity index (χ4n) is 8.70. The molecule has 0 saturated heterocycles. The summed E-state index contributed by atoms with van der Waals surface area (Å²) in [7, 11) is 0. The number of rotatable bonds is 9. The molecule has 0 amide bonds. The second-order valence-electron chi connectivity index (χ2n) is 17.4. The van der Waals surface area contributed by atoms with Crippen molar-refractivity contribution in [3.63, 3.8) is 0 Å². The van der Waals surface area contributed by atoms with E-state index in [1.165, 1.54) is 106 Å². The van der Waals surface area contributed by atoms with Gasteiger partial charge in [0.05, 0.1) is 0 Å². The molecular weight excluding hydrogens is 737 g/mol. The number of hydrogen-bond acceptors (Lipinski definition) is 2. The van der Waals surface area contributed by atoms with E-state index < -0.39 is 0 Å². The van der Waals surface area contributed by atoms with E-state index in [-0.39, 0.29) is 0 Å². The van der Waals surface area contributed by atoms with Gasteiger partial charge in [-0.3, -0.25) is 0 Å². The van der Waals surface area contributed by atoms with Crippen LogP contribution in [0.2, 0.25) is 0 Å². The summed E-state index contributed by atoms with van der Waals surface area (Å²) in [5.41, 5.74) is 28.6. The van der Waals surface area contributed by atoms with E-state index in [4.69, 9.17) is 0 Å². The van der Waals surface area contributed by atoms with Gasteiger partial charge in [0, 0.05) is 34.1 Å². The summed E-state index contributed by atoms with van der Waals surface area (Å²) in [5, 5.41) is 0. The van der Waals surface area contributed by atoms with Crippen LogP contribution >= 0.6 is 0 Å². The molecule has 0 saturated carbocycles. The van der Waals surface area contributed by atoms with Crippen molar-refractivity contribution in [3.8, 4) is 33.4 Å². The van der Waals surface area contributed by atoms with Crippen LogP contribution in [0.25, 0.3) is 33.4 Å². The molecule has 304 valence electrons. The average molecular weight is 795 g/mol. The number of benzene rings is 8. The van der Waals surface area contributed by atoms with E-state index in [1.807, 2.05) is 0 Å². The first-order valence-corrected chi connectivity index (χ1v) is 21.6. The highest BCUT2D eigenvalue weighted by atomic mass is 15.1. The van der Waals surface area contributed by atoms with Crippen molar-refractivity contribution in [1.29, 1.82) is 0 Å². The van der Waals surface area contributed by atoms with Crippen LogP contribution < -0.4 is 9.80 Å². The van der Waals surface area contributed by atoms with E-state index in [9.17, 15) is 0 Å². The molecule has 61 heavy (non-hydrogen) atoms. The Morgan fingerprint density at radius 2 is 0.508 bits per heavy atom. The minimum Gasteiger partial charge on any atom is -0.311 e. The Balaban J connectivity index is 1.10. The van der Waals surface area contributed by atoms with Gasteiger partial charge in [-0.2, -0.15) is 0 Å². The maximum absolute atomic E-state index is 2.40. The summed E-state index contributed by atoms with van der Waals surface area (Å²) >= 11 is 0. The molecule has 8 aromatic carbocycles. The zero-order chi connectivity index (χ0) is 43.1. The lowest BCUT2D eigenvalue weighted by atomic mass is 9.86. The van der Waals surface area contributed by atoms with E-state index in [0.29, 0.717) is 0 Å². The lowest BCUT2D eigenvalue weighted by Gasteiger charge is -2.28. The van der Waals surface area contributed by atoms with Crippen molar-refractivity contribution < 1.29 is 0 Å². The van der Waals surface area contributed by atoms with Gasteiger partial charge in [0.1, 0.15) is 0 Å². The number of aryl methyl sites for hydroxylation is 11. The van der Waals surface area contributed by atoms with Gasteiger partial charge in [-0.15, -0.1) is 0 Å². The van der Waals surface area contributed by atoms with Crippen LogP contribution in [0, 0.1) is 76.2 Å². The predicted octanol–water partition coefficient (Wildman–Crippen LogP) is 17.0. The van der Waals surface area contributed by atoms with Crippen LogP contribution in [-0.4, -0.2) is 0 Å². The smallest absolute Gasteiger partial charge is 0.0464 e. The highest BCUT2D eigenvalue weighted by Gasteiger charge is 2.19. The second-order valence-corrected chi connectivity index (χ2v) is 17.4. The molecule has 0 aliphatic carbocycles. The Morgan fingerprint density at radius 3 is 0.918 bits per heavy atom. The predicted molar refractivity (Wildman–Crippen MR) is 264 cm³/mol. The third-order valence-corrected chi connectivity index (χ3v) is 12.7. The van der Waals surface area contributed by atoms with E-state index >= 15 is 0 Å². The molecule has 0 N–H and O–H groups in total. The molecule has 2 nitrogen and oxygen atoms in total. The molecule has 2 heteroatoms. The van der Waals surface area contributed by atoms with Gasteiger partial charge in [0.15, 0.2) is 0 Å². The van der Waals surface area contributed by atoms with Gasteiger partial charge in [-0.25, -0.2) is 0 Å². The molecule has 0 unspecified atom stereocenters. The number of nitrogens with zero attached hydrogens (tertiary/aromatic N) is 2. The number of hydrogen-bond donors (Lipinski definition) is 0. The topological polar surface area (TPSA) is 6.48 Å². The lowest BCUT2D eigenvalue weighted by molar-refractivity contribution is 1.22. The fourth-order valence-corrected chi connectivity index (χ4v) is 8.70. The SMILES string of the molecule is Cc1ccc(N(c2ccc(C)cc2)c2ccc(-c3cc(C)c(-c4cc(C)c(-c5ccc(N(c6ccc(C)c(C)c6)c6ccc(C)c(C)c6)cc5C)cc4C)cc3C)cc2)cc1. The molecule has 0 bridgehead atoms. The quantitative estimate of drug-likeness (QED) is 0.144. The Hall–Kier alpha value is -6.64. The standard InChI is InChI=1S/C59H58N2/c1-37-12-20-49(21-13-37)60(50-22-14-38(2)15-23-50)51-26-18-48(19-27-51)56-33-45(9)58(34-44(56)8)59-36-46(10)57(35-47(59)11)55-29-28-54(32-43(55)7)61(52-24-16-39(3)41(5)30-52)53-25-17-40(4)42(6)31-53/h12-36H,1-11H3. The van der Waals surface area contributed by atoms with Crippen LogP contribution in [0.3, 0.4) is 0 Å². The first-order valence-electron chi connectivity index (χ1n) is 21.6. The minimum atomic E-state index is 1.14. The van der Waals surface area contributed by atoms with Crippen LogP contribution in [0.1, 0.15) is 61.2 Å². The molecule has 8 aromatic rings. The van der Waals surface area contributed by atoms with Crippen molar-refractivity contribution in [3.05, 3.63) is 213 Å². The average Bonchev–Trinajstić information content (AvgIpc) is 3.24. The van der Waals surface area contributed by atoms with Gasteiger partial charge in [-0.05, 0) is 232 Å². The molecule has 0 aromatic heterocycles. The van der Waals surface area contributed by atoms with Crippen molar-refractivity contribution in [2.45, 2.75) is 76.2 Å². The fraction of sp³-hybridized carbons (Fsp3) is 0.186. The summed E-state index contributed by atoms with van der Waals surface area (Å²) in [6, 6.07) is 56.7.